The van der Waals surface area contributed by atoms with Crippen molar-refractivity contribution in [2.45, 2.75) is 68.3 Å². The minimum Gasteiger partial charge on any atom is -0.496 e. The molecule has 0 radical (unpaired) electrons. The van der Waals surface area contributed by atoms with Crippen molar-refractivity contribution in [1.82, 2.24) is 9.62 Å². The summed E-state index contributed by atoms with van der Waals surface area (Å²) in [7, 11) is 2.33. The predicted octanol–water partition coefficient (Wildman–Crippen LogP) is 2.73. The lowest BCUT2D eigenvalue weighted by Crippen LogP contribution is -2.38. The average Bonchev–Trinajstić information content (AvgIpc) is 2.60. The summed E-state index contributed by atoms with van der Waals surface area (Å²) in [6.45, 7) is 0. The van der Waals surface area contributed by atoms with Gasteiger partial charge in [-0.3, -0.25) is 0 Å². The van der Waals surface area contributed by atoms with Crippen molar-refractivity contribution in [2.75, 3.05) is 21.2 Å². The SMILES string of the molecule is COc1ccc(S(=O)(=O)NC2CCCCC2)c2c1C[C@@H](N(C)C)CC2. The summed E-state index contributed by atoms with van der Waals surface area (Å²) in [5.74, 6) is 0.804. The zero-order valence-corrected chi connectivity index (χ0v) is 16.4. The molecule has 1 atom stereocenters. The second-order valence-electron chi connectivity index (χ2n) is 7.54. The number of nitrogens with one attached hydrogen (secondary N) is 1. The summed E-state index contributed by atoms with van der Waals surface area (Å²) in [6.07, 6.45) is 7.90. The Morgan fingerprint density at radius 2 is 1.80 bits per heavy atom. The first-order valence-electron chi connectivity index (χ1n) is 9.30. The van der Waals surface area contributed by atoms with E-state index in [9.17, 15) is 8.42 Å². The van der Waals surface area contributed by atoms with Gasteiger partial charge in [0, 0.05) is 17.6 Å². The molecule has 0 heterocycles. The first kappa shape index (κ1) is 18.7. The predicted molar refractivity (Wildman–Crippen MR) is 99.7 cm³/mol. The topological polar surface area (TPSA) is 58.6 Å². The average molecular weight is 367 g/mol. The minimum atomic E-state index is -3.48. The highest BCUT2D eigenvalue weighted by molar-refractivity contribution is 7.89. The van der Waals surface area contributed by atoms with Crippen molar-refractivity contribution in [3.63, 3.8) is 0 Å². The number of hydrogen-bond donors (Lipinski definition) is 1. The second kappa shape index (κ2) is 7.64. The van der Waals surface area contributed by atoms with Crippen LogP contribution in [0.5, 0.6) is 5.75 Å². The van der Waals surface area contributed by atoms with Crippen LogP contribution in [-0.2, 0) is 22.9 Å². The monoisotopic (exact) mass is 366 g/mol. The fourth-order valence-corrected chi connectivity index (χ4v) is 5.78. The van der Waals surface area contributed by atoms with E-state index in [0.717, 1.165) is 61.8 Å². The van der Waals surface area contributed by atoms with Gasteiger partial charge in [-0.05, 0) is 63.9 Å². The van der Waals surface area contributed by atoms with E-state index < -0.39 is 10.0 Å². The summed E-state index contributed by atoms with van der Waals surface area (Å²) in [4.78, 5) is 2.66. The molecule has 1 aromatic rings. The van der Waals surface area contributed by atoms with Gasteiger partial charge in [0.2, 0.25) is 10.0 Å². The van der Waals surface area contributed by atoms with E-state index >= 15 is 0 Å². The van der Waals surface area contributed by atoms with Gasteiger partial charge in [0.05, 0.1) is 12.0 Å². The zero-order valence-electron chi connectivity index (χ0n) is 15.5. The maximum atomic E-state index is 13.0. The molecule has 0 amide bonds. The number of fused-ring (bicyclic) bond motifs is 1. The molecule has 0 bridgehead atoms. The summed E-state index contributed by atoms with van der Waals surface area (Å²) in [5.41, 5.74) is 2.00. The van der Waals surface area contributed by atoms with Gasteiger partial charge in [-0.25, -0.2) is 13.1 Å². The number of likely N-dealkylation sites (N-methyl/N-ethyl adjacent to an activating group) is 1. The Kier molecular flexibility index (Phi) is 5.71. The maximum absolute atomic E-state index is 13.0. The van der Waals surface area contributed by atoms with Gasteiger partial charge in [0.1, 0.15) is 5.75 Å². The van der Waals surface area contributed by atoms with Crippen LogP contribution in [0, 0.1) is 0 Å². The van der Waals surface area contributed by atoms with E-state index in [2.05, 4.69) is 23.7 Å². The lowest BCUT2D eigenvalue weighted by Gasteiger charge is -2.32. The van der Waals surface area contributed by atoms with Crippen LogP contribution in [0.4, 0.5) is 0 Å². The highest BCUT2D eigenvalue weighted by atomic mass is 32.2. The Balaban J connectivity index is 1.93. The van der Waals surface area contributed by atoms with E-state index in [4.69, 9.17) is 4.74 Å². The maximum Gasteiger partial charge on any atom is 0.241 e. The van der Waals surface area contributed by atoms with Gasteiger partial charge >= 0.3 is 0 Å². The Morgan fingerprint density at radius 1 is 1.08 bits per heavy atom. The number of ether oxygens (including phenoxy) is 1. The molecule has 5 nitrogen and oxygen atoms in total. The van der Waals surface area contributed by atoms with Crippen molar-refractivity contribution < 1.29 is 13.2 Å². The molecule has 2 aliphatic carbocycles. The van der Waals surface area contributed by atoms with Gasteiger partial charge in [0.15, 0.2) is 0 Å². The molecule has 25 heavy (non-hydrogen) atoms. The van der Waals surface area contributed by atoms with Crippen LogP contribution in [0.25, 0.3) is 0 Å². The third kappa shape index (κ3) is 4.01. The molecule has 140 valence electrons. The molecule has 1 saturated carbocycles. The molecule has 1 aromatic carbocycles. The first-order chi connectivity index (χ1) is 11.9. The smallest absolute Gasteiger partial charge is 0.241 e. The summed E-state index contributed by atoms with van der Waals surface area (Å²) in [6, 6.07) is 4.03. The van der Waals surface area contributed by atoms with Crippen LogP contribution < -0.4 is 9.46 Å². The molecule has 0 unspecified atom stereocenters. The quantitative estimate of drug-likeness (QED) is 0.870. The Labute approximate surface area is 151 Å². The van der Waals surface area contributed by atoms with Crippen LogP contribution in [0.1, 0.15) is 49.7 Å². The highest BCUT2D eigenvalue weighted by Gasteiger charge is 2.30. The number of methoxy groups -OCH3 is 1. The number of benzene rings is 1. The first-order valence-corrected chi connectivity index (χ1v) is 10.8. The normalized spacial score (nSPS) is 22.0. The molecule has 0 aromatic heterocycles. The molecule has 6 heteroatoms. The number of hydrogen-bond acceptors (Lipinski definition) is 4. The second-order valence-corrected chi connectivity index (χ2v) is 9.22. The Hall–Kier alpha value is -1.11. The summed E-state index contributed by atoms with van der Waals surface area (Å²) in [5, 5.41) is 0. The van der Waals surface area contributed by atoms with Crippen LogP contribution in [-0.4, -0.2) is 46.6 Å². The van der Waals surface area contributed by atoms with Crippen molar-refractivity contribution in [2.24, 2.45) is 0 Å². The van der Waals surface area contributed by atoms with Crippen LogP contribution in [0.3, 0.4) is 0 Å². The van der Waals surface area contributed by atoms with Crippen molar-refractivity contribution >= 4 is 10.0 Å². The molecular formula is C19H30N2O3S. The van der Waals surface area contributed by atoms with Gasteiger partial charge in [-0.1, -0.05) is 19.3 Å². The molecule has 1 N–H and O–H groups in total. The van der Waals surface area contributed by atoms with Crippen LogP contribution >= 0.6 is 0 Å². The molecule has 0 aliphatic heterocycles. The Bertz CT molecular complexity index is 710. The zero-order chi connectivity index (χ0) is 18.0. The van der Waals surface area contributed by atoms with Gasteiger partial charge < -0.3 is 9.64 Å². The van der Waals surface area contributed by atoms with Crippen LogP contribution in [0.15, 0.2) is 17.0 Å². The van der Waals surface area contributed by atoms with E-state index in [1.165, 1.54) is 6.42 Å². The number of sulfonamides is 1. The standard InChI is InChI=1S/C19H30N2O3S/c1-21(2)15-9-10-16-17(13-15)18(24-3)11-12-19(16)25(22,23)20-14-7-5-4-6-8-14/h11-12,14-15,20H,4-10,13H2,1-3H3/t15-/m0/s1. The van der Waals surface area contributed by atoms with Gasteiger partial charge in [-0.15, -0.1) is 0 Å². The largest absolute Gasteiger partial charge is 0.496 e. The van der Waals surface area contributed by atoms with E-state index in [1.807, 2.05) is 6.07 Å². The minimum absolute atomic E-state index is 0.0783. The van der Waals surface area contributed by atoms with Crippen LogP contribution in [0.2, 0.25) is 0 Å². The molecule has 2 aliphatic rings. The molecule has 3 rings (SSSR count). The summed E-state index contributed by atoms with van der Waals surface area (Å²) < 4.78 is 34.5. The molecular weight excluding hydrogens is 336 g/mol. The lowest BCUT2D eigenvalue weighted by molar-refractivity contribution is 0.263. The lowest BCUT2D eigenvalue weighted by atomic mass is 9.87. The van der Waals surface area contributed by atoms with Crippen molar-refractivity contribution in [3.8, 4) is 5.75 Å². The highest BCUT2D eigenvalue weighted by Crippen LogP contribution is 2.35. The van der Waals surface area contributed by atoms with E-state index in [1.54, 1.807) is 13.2 Å². The summed E-state index contributed by atoms with van der Waals surface area (Å²) >= 11 is 0. The number of nitrogens with zero attached hydrogens (tertiary/aromatic N) is 1. The van der Waals surface area contributed by atoms with Crippen molar-refractivity contribution in [1.29, 1.82) is 0 Å². The van der Waals surface area contributed by atoms with Gasteiger partial charge in [0.25, 0.3) is 0 Å². The molecule has 1 fully saturated rings. The fraction of sp³-hybridized carbons (Fsp3) is 0.684. The number of rotatable bonds is 5. The van der Waals surface area contributed by atoms with E-state index in [-0.39, 0.29) is 6.04 Å². The van der Waals surface area contributed by atoms with Crippen molar-refractivity contribution in [3.05, 3.63) is 23.3 Å². The molecule has 0 saturated heterocycles. The van der Waals surface area contributed by atoms with E-state index in [0.29, 0.717) is 10.9 Å². The third-order valence-corrected chi connectivity index (χ3v) is 7.28. The Morgan fingerprint density at radius 3 is 2.44 bits per heavy atom. The van der Waals surface area contributed by atoms with Gasteiger partial charge in [-0.2, -0.15) is 0 Å². The fourth-order valence-electron chi connectivity index (χ4n) is 4.18. The molecule has 0 spiro atoms. The third-order valence-electron chi connectivity index (χ3n) is 5.68.